The minimum absolute atomic E-state index is 0.611. The molecule has 0 heterocycles. The highest BCUT2D eigenvalue weighted by molar-refractivity contribution is 5.25. The third kappa shape index (κ3) is 3.85. The predicted molar refractivity (Wildman–Crippen MR) is 85.9 cm³/mol. The number of nitrogens with one attached hydrogen (secondary N) is 1. The molecule has 0 radical (unpaired) electrons. The van der Waals surface area contributed by atoms with E-state index in [4.69, 9.17) is 0 Å². The molecule has 0 aliphatic heterocycles. The van der Waals surface area contributed by atoms with Crippen molar-refractivity contribution in [2.75, 3.05) is 0 Å². The maximum absolute atomic E-state index is 4.02. The van der Waals surface area contributed by atoms with Gasteiger partial charge < -0.3 is 5.32 Å². The van der Waals surface area contributed by atoms with Crippen LogP contribution in [-0.4, -0.2) is 6.04 Å². The highest BCUT2D eigenvalue weighted by atomic mass is 15.0. The second kappa shape index (κ2) is 6.76. The van der Waals surface area contributed by atoms with Crippen molar-refractivity contribution < 1.29 is 0 Å². The summed E-state index contributed by atoms with van der Waals surface area (Å²) in [6.45, 7) is 2.18. The number of rotatable bonds is 4. The maximum Gasteiger partial charge on any atom is 0.0351 e. The van der Waals surface area contributed by atoms with Gasteiger partial charge in [-0.25, -0.2) is 0 Å². The molecule has 0 bridgehead atoms. The molecule has 2 fully saturated rings. The molecule has 1 atom stereocenters. The zero-order valence-corrected chi connectivity index (χ0v) is 12.9. The van der Waals surface area contributed by atoms with Crippen molar-refractivity contribution in [1.82, 2.24) is 5.32 Å². The Hall–Kier alpha value is -0.820. The molecule has 20 heavy (non-hydrogen) atoms. The highest BCUT2D eigenvalue weighted by Crippen LogP contribution is 2.41. The van der Waals surface area contributed by atoms with Crippen LogP contribution in [-0.2, 0) is 0 Å². The van der Waals surface area contributed by atoms with Crippen molar-refractivity contribution in [3.63, 3.8) is 0 Å². The van der Waals surface area contributed by atoms with E-state index in [9.17, 15) is 0 Å². The van der Waals surface area contributed by atoms with E-state index >= 15 is 0 Å². The lowest BCUT2D eigenvalue weighted by atomic mass is 9.94. The Labute approximate surface area is 124 Å². The second-order valence-corrected chi connectivity index (χ2v) is 6.93. The van der Waals surface area contributed by atoms with Crippen molar-refractivity contribution in [2.45, 2.75) is 76.8 Å². The fourth-order valence-electron chi connectivity index (χ4n) is 3.58. The van der Waals surface area contributed by atoms with E-state index in [2.05, 4.69) is 36.5 Å². The summed E-state index contributed by atoms with van der Waals surface area (Å²) in [4.78, 5) is 0. The van der Waals surface area contributed by atoms with Gasteiger partial charge in [-0.2, -0.15) is 0 Å². The van der Waals surface area contributed by atoms with Crippen molar-refractivity contribution in [3.05, 3.63) is 35.4 Å². The molecule has 0 aromatic heterocycles. The second-order valence-electron chi connectivity index (χ2n) is 6.93. The van der Waals surface area contributed by atoms with Crippen LogP contribution in [0.1, 0.15) is 75.0 Å². The predicted octanol–water partition coefficient (Wildman–Crippen LogP) is 5.15. The van der Waals surface area contributed by atoms with E-state index < -0.39 is 0 Å². The van der Waals surface area contributed by atoms with Crippen LogP contribution in [0.3, 0.4) is 0 Å². The molecule has 1 nitrogen and oxygen atoms in total. The zero-order chi connectivity index (χ0) is 13.8. The van der Waals surface area contributed by atoms with Gasteiger partial charge in [0.2, 0.25) is 0 Å². The lowest BCUT2D eigenvalue weighted by molar-refractivity contribution is 0.337. The minimum Gasteiger partial charge on any atom is -0.307 e. The molecule has 0 saturated heterocycles. The quantitative estimate of drug-likeness (QED) is 0.798. The monoisotopic (exact) mass is 271 g/mol. The first-order valence-corrected chi connectivity index (χ1v) is 8.65. The van der Waals surface area contributed by atoms with Crippen LogP contribution in [0.15, 0.2) is 24.3 Å². The molecule has 1 N–H and O–H groups in total. The molecule has 1 aromatic carbocycles. The Morgan fingerprint density at radius 1 is 0.850 bits per heavy atom. The molecule has 2 saturated carbocycles. The van der Waals surface area contributed by atoms with Crippen LogP contribution < -0.4 is 5.32 Å². The largest absolute Gasteiger partial charge is 0.307 e. The van der Waals surface area contributed by atoms with Crippen LogP contribution in [0, 0.1) is 12.8 Å². The van der Waals surface area contributed by atoms with E-state index in [0.29, 0.717) is 6.04 Å². The number of hydrogen-bond acceptors (Lipinski definition) is 1. The normalized spacial score (nSPS) is 23.1. The van der Waals surface area contributed by atoms with Gasteiger partial charge in [-0.1, -0.05) is 61.9 Å². The Morgan fingerprint density at radius 3 is 2.05 bits per heavy atom. The molecular weight excluding hydrogens is 242 g/mol. The SMILES string of the molecule is Cc1ccc(C(NC2CCCCCCC2)C2CC2)cc1. The summed E-state index contributed by atoms with van der Waals surface area (Å²) in [6.07, 6.45) is 12.8. The summed E-state index contributed by atoms with van der Waals surface area (Å²) in [7, 11) is 0. The number of hydrogen-bond donors (Lipinski definition) is 1. The van der Waals surface area contributed by atoms with Crippen LogP contribution in [0.5, 0.6) is 0 Å². The smallest absolute Gasteiger partial charge is 0.0351 e. The van der Waals surface area contributed by atoms with Gasteiger partial charge in [0.15, 0.2) is 0 Å². The van der Waals surface area contributed by atoms with Crippen LogP contribution >= 0.6 is 0 Å². The van der Waals surface area contributed by atoms with Crippen molar-refractivity contribution in [2.24, 2.45) is 5.92 Å². The van der Waals surface area contributed by atoms with Crippen LogP contribution in [0.25, 0.3) is 0 Å². The summed E-state index contributed by atoms with van der Waals surface area (Å²) in [5.74, 6) is 0.892. The van der Waals surface area contributed by atoms with E-state index in [0.717, 1.165) is 12.0 Å². The third-order valence-electron chi connectivity index (χ3n) is 5.05. The Bertz CT molecular complexity index is 396. The zero-order valence-electron chi connectivity index (χ0n) is 12.9. The average molecular weight is 271 g/mol. The summed E-state index contributed by atoms with van der Waals surface area (Å²) >= 11 is 0. The van der Waals surface area contributed by atoms with Crippen LogP contribution in [0.2, 0.25) is 0 Å². The van der Waals surface area contributed by atoms with E-state index in [1.165, 1.54) is 68.9 Å². The molecule has 3 rings (SSSR count). The fourth-order valence-corrected chi connectivity index (χ4v) is 3.58. The van der Waals surface area contributed by atoms with Gasteiger partial charge in [-0.15, -0.1) is 0 Å². The van der Waals surface area contributed by atoms with Gasteiger partial charge >= 0.3 is 0 Å². The van der Waals surface area contributed by atoms with E-state index in [-0.39, 0.29) is 0 Å². The Balaban J connectivity index is 1.65. The van der Waals surface area contributed by atoms with Crippen molar-refractivity contribution >= 4 is 0 Å². The molecule has 1 heteroatoms. The first-order chi connectivity index (χ1) is 9.83. The molecule has 1 unspecified atom stereocenters. The van der Waals surface area contributed by atoms with Crippen molar-refractivity contribution in [1.29, 1.82) is 0 Å². The van der Waals surface area contributed by atoms with Gasteiger partial charge in [0.05, 0.1) is 0 Å². The molecular formula is C19H29N. The first kappa shape index (κ1) is 14.1. The van der Waals surface area contributed by atoms with Crippen LogP contribution in [0.4, 0.5) is 0 Å². The van der Waals surface area contributed by atoms with E-state index in [1.54, 1.807) is 0 Å². The van der Waals surface area contributed by atoms with Gasteiger partial charge in [0.25, 0.3) is 0 Å². The summed E-state index contributed by atoms with van der Waals surface area (Å²) < 4.78 is 0. The first-order valence-electron chi connectivity index (χ1n) is 8.65. The highest BCUT2D eigenvalue weighted by Gasteiger charge is 2.33. The van der Waals surface area contributed by atoms with E-state index in [1.807, 2.05) is 0 Å². The van der Waals surface area contributed by atoms with Gasteiger partial charge in [-0.05, 0) is 44.1 Å². The molecule has 2 aliphatic carbocycles. The summed E-state index contributed by atoms with van der Waals surface area (Å²) in [6, 6.07) is 10.6. The fraction of sp³-hybridized carbons (Fsp3) is 0.684. The Morgan fingerprint density at radius 2 is 1.45 bits per heavy atom. The number of benzene rings is 1. The lowest BCUT2D eigenvalue weighted by Crippen LogP contribution is -2.34. The molecule has 2 aliphatic rings. The number of aryl methyl sites for hydroxylation is 1. The lowest BCUT2D eigenvalue weighted by Gasteiger charge is -2.28. The molecule has 110 valence electrons. The Kier molecular flexibility index (Phi) is 4.77. The molecule has 1 aromatic rings. The van der Waals surface area contributed by atoms with Gasteiger partial charge in [0, 0.05) is 12.1 Å². The summed E-state index contributed by atoms with van der Waals surface area (Å²) in [5.41, 5.74) is 2.88. The van der Waals surface area contributed by atoms with Crippen molar-refractivity contribution in [3.8, 4) is 0 Å². The van der Waals surface area contributed by atoms with Gasteiger partial charge in [0.1, 0.15) is 0 Å². The molecule has 0 spiro atoms. The minimum atomic E-state index is 0.611. The summed E-state index contributed by atoms with van der Waals surface area (Å²) in [5, 5.41) is 4.02. The average Bonchev–Trinajstić information content (AvgIpc) is 3.23. The maximum atomic E-state index is 4.02. The molecule has 0 amide bonds. The standard InChI is InChI=1S/C19H29N/c1-15-9-11-16(12-10-15)19(17-13-14-17)20-18-7-5-3-2-4-6-8-18/h9-12,17-20H,2-8,13-14H2,1H3. The topological polar surface area (TPSA) is 12.0 Å². The van der Waals surface area contributed by atoms with Gasteiger partial charge in [-0.3, -0.25) is 0 Å². The third-order valence-corrected chi connectivity index (χ3v) is 5.05.